The third-order valence-electron chi connectivity index (χ3n) is 2.70. The van der Waals surface area contributed by atoms with E-state index in [0.717, 1.165) is 16.8 Å². The first-order chi connectivity index (χ1) is 10.5. The number of phenolic OH excluding ortho intramolecular Hbond substituents is 1. The van der Waals surface area contributed by atoms with Gasteiger partial charge in [0.25, 0.3) is 11.6 Å². The number of carbonyl (C=O) groups excluding carboxylic acids is 1. The molecule has 2 rings (SSSR count). The Kier molecular flexibility index (Phi) is 4.84. The van der Waals surface area contributed by atoms with E-state index in [1.165, 1.54) is 12.1 Å². The van der Waals surface area contributed by atoms with Gasteiger partial charge in [0.05, 0.1) is 11.1 Å². The lowest BCUT2D eigenvalue weighted by Gasteiger charge is -2.01. The van der Waals surface area contributed by atoms with E-state index in [-0.39, 0.29) is 17.0 Å². The van der Waals surface area contributed by atoms with Gasteiger partial charge in [-0.25, -0.2) is 5.43 Å². The van der Waals surface area contributed by atoms with E-state index in [0.29, 0.717) is 5.56 Å². The third kappa shape index (κ3) is 3.89. The van der Waals surface area contributed by atoms with E-state index >= 15 is 0 Å². The zero-order chi connectivity index (χ0) is 16.1. The minimum atomic E-state index is -0.586. The highest BCUT2D eigenvalue weighted by Crippen LogP contribution is 2.21. The van der Waals surface area contributed by atoms with Gasteiger partial charge in [0, 0.05) is 27.7 Å². The summed E-state index contributed by atoms with van der Waals surface area (Å²) < 4.78 is 0.842. The van der Waals surface area contributed by atoms with Crippen molar-refractivity contribution in [1.29, 1.82) is 0 Å². The predicted molar refractivity (Wildman–Crippen MR) is 84.0 cm³/mol. The Morgan fingerprint density at radius 1 is 1.27 bits per heavy atom. The van der Waals surface area contributed by atoms with Crippen molar-refractivity contribution < 1.29 is 14.8 Å². The number of hydrazone groups is 1. The van der Waals surface area contributed by atoms with Gasteiger partial charge < -0.3 is 5.11 Å². The van der Waals surface area contributed by atoms with Crippen molar-refractivity contribution in [3.8, 4) is 5.75 Å². The van der Waals surface area contributed by atoms with Crippen LogP contribution in [0.4, 0.5) is 5.69 Å². The zero-order valence-electron chi connectivity index (χ0n) is 11.1. The van der Waals surface area contributed by atoms with Crippen LogP contribution in [-0.4, -0.2) is 22.2 Å². The van der Waals surface area contributed by atoms with Gasteiger partial charge in [-0.2, -0.15) is 5.10 Å². The molecule has 2 N–H and O–H groups in total. The molecule has 7 nitrogen and oxygen atoms in total. The molecule has 0 radical (unpaired) electrons. The number of aromatic hydroxyl groups is 1. The first kappa shape index (κ1) is 15.6. The maximum atomic E-state index is 11.8. The second-order valence-corrected chi connectivity index (χ2v) is 5.12. The van der Waals surface area contributed by atoms with Crippen molar-refractivity contribution in [2.75, 3.05) is 0 Å². The lowest BCUT2D eigenvalue weighted by atomic mass is 10.2. The van der Waals surface area contributed by atoms with Gasteiger partial charge in [-0.05, 0) is 30.3 Å². The van der Waals surface area contributed by atoms with Crippen LogP contribution in [0.3, 0.4) is 0 Å². The number of phenols is 1. The van der Waals surface area contributed by atoms with Gasteiger partial charge in [0.15, 0.2) is 0 Å². The summed E-state index contributed by atoms with van der Waals surface area (Å²) in [5, 5.41) is 23.9. The number of hydrogen-bond donors (Lipinski definition) is 2. The maximum absolute atomic E-state index is 11.8. The number of halogens is 1. The molecule has 0 bridgehead atoms. The van der Waals surface area contributed by atoms with Crippen molar-refractivity contribution in [2.45, 2.75) is 0 Å². The minimum absolute atomic E-state index is 0.130. The predicted octanol–water partition coefficient (Wildman–Crippen LogP) is 2.83. The Morgan fingerprint density at radius 3 is 2.59 bits per heavy atom. The van der Waals surface area contributed by atoms with Crippen molar-refractivity contribution in [3.63, 3.8) is 0 Å². The van der Waals surface area contributed by atoms with Crippen LogP contribution in [0.5, 0.6) is 5.75 Å². The van der Waals surface area contributed by atoms with Crippen LogP contribution in [0, 0.1) is 10.1 Å². The molecule has 112 valence electrons. The number of nitro groups is 1. The molecule has 0 saturated carbocycles. The van der Waals surface area contributed by atoms with Gasteiger partial charge in [-0.15, -0.1) is 0 Å². The summed E-state index contributed by atoms with van der Waals surface area (Å²) in [4.78, 5) is 21.9. The zero-order valence-corrected chi connectivity index (χ0v) is 12.6. The molecule has 0 atom stereocenters. The lowest BCUT2D eigenvalue weighted by molar-refractivity contribution is -0.384. The Labute approximate surface area is 133 Å². The van der Waals surface area contributed by atoms with E-state index in [2.05, 4.69) is 26.5 Å². The second kappa shape index (κ2) is 6.81. The molecule has 2 aromatic carbocycles. The summed E-state index contributed by atoms with van der Waals surface area (Å²) in [6, 6.07) is 10.2. The summed E-state index contributed by atoms with van der Waals surface area (Å²) in [5.41, 5.74) is 2.63. The molecule has 0 unspecified atom stereocenters. The van der Waals surface area contributed by atoms with Crippen LogP contribution < -0.4 is 5.43 Å². The number of carbonyl (C=O) groups is 1. The Hall–Kier alpha value is -2.74. The maximum Gasteiger partial charge on any atom is 0.271 e. The summed E-state index contributed by atoms with van der Waals surface area (Å²) in [7, 11) is 0. The molecule has 0 heterocycles. The van der Waals surface area contributed by atoms with Crippen LogP contribution >= 0.6 is 15.9 Å². The van der Waals surface area contributed by atoms with Crippen molar-refractivity contribution in [1.82, 2.24) is 5.43 Å². The lowest BCUT2D eigenvalue weighted by Crippen LogP contribution is -2.17. The molecule has 0 saturated heterocycles. The summed E-state index contributed by atoms with van der Waals surface area (Å²) in [5.74, 6) is -0.610. The molecule has 22 heavy (non-hydrogen) atoms. The monoisotopic (exact) mass is 363 g/mol. The number of rotatable bonds is 4. The fourth-order valence-electron chi connectivity index (χ4n) is 1.59. The van der Waals surface area contributed by atoms with Crippen LogP contribution in [0.25, 0.3) is 0 Å². The largest absolute Gasteiger partial charge is 0.507 e. The molecular formula is C14H10BrN3O4. The molecule has 0 fully saturated rings. The smallest absolute Gasteiger partial charge is 0.271 e. The number of benzene rings is 2. The molecule has 0 aliphatic rings. The third-order valence-corrected chi connectivity index (χ3v) is 3.23. The number of non-ortho nitro benzene ring substituents is 1. The van der Waals surface area contributed by atoms with Gasteiger partial charge in [-0.3, -0.25) is 14.9 Å². The standard InChI is InChI=1S/C14H10BrN3O4/c15-11-3-1-9(2-4-11)14(20)17-16-8-10-7-12(18(21)22)5-6-13(10)19/h1-8,19H,(H,17,20). The number of hydrogen-bond acceptors (Lipinski definition) is 5. The number of nitrogens with one attached hydrogen (secondary N) is 1. The molecule has 0 spiro atoms. The molecule has 0 aliphatic carbocycles. The molecular weight excluding hydrogens is 354 g/mol. The molecule has 2 aromatic rings. The average Bonchev–Trinajstić information content (AvgIpc) is 2.49. The van der Waals surface area contributed by atoms with E-state index in [1.54, 1.807) is 24.3 Å². The Bertz CT molecular complexity index is 744. The van der Waals surface area contributed by atoms with Crippen LogP contribution in [0.15, 0.2) is 52.0 Å². The molecule has 0 aromatic heterocycles. The highest BCUT2D eigenvalue weighted by Gasteiger charge is 2.09. The van der Waals surface area contributed by atoms with Crippen LogP contribution in [0.1, 0.15) is 15.9 Å². The van der Waals surface area contributed by atoms with E-state index < -0.39 is 10.8 Å². The summed E-state index contributed by atoms with van der Waals surface area (Å²) in [6.07, 6.45) is 1.14. The van der Waals surface area contributed by atoms with Gasteiger partial charge in [0.2, 0.25) is 0 Å². The first-order valence-electron chi connectivity index (χ1n) is 6.04. The van der Waals surface area contributed by atoms with Crippen LogP contribution in [-0.2, 0) is 0 Å². The average molecular weight is 364 g/mol. The number of nitro benzene ring substituents is 1. The number of amides is 1. The van der Waals surface area contributed by atoms with Gasteiger partial charge in [-0.1, -0.05) is 15.9 Å². The SMILES string of the molecule is O=C(NN=Cc1cc([N+](=O)[O-])ccc1O)c1ccc(Br)cc1. The quantitative estimate of drug-likeness (QED) is 0.494. The van der Waals surface area contributed by atoms with Crippen LogP contribution in [0.2, 0.25) is 0 Å². The normalized spacial score (nSPS) is 10.6. The molecule has 1 amide bonds. The first-order valence-corrected chi connectivity index (χ1v) is 6.83. The Balaban J connectivity index is 2.09. The van der Waals surface area contributed by atoms with Gasteiger partial charge >= 0.3 is 0 Å². The summed E-state index contributed by atoms with van der Waals surface area (Å²) >= 11 is 3.26. The minimum Gasteiger partial charge on any atom is -0.507 e. The second-order valence-electron chi connectivity index (χ2n) is 4.21. The summed E-state index contributed by atoms with van der Waals surface area (Å²) in [6.45, 7) is 0. The van der Waals surface area contributed by atoms with E-state index in [9.17, 15) is 20.0 Å². The molecule has 8 heteroatoms. The van der Waals surface area contributed by atoms with E-state index in [1.807, 2.05) is 0 Å². The number of nitrogens with zero attached hydrogens (tertiary/aromatic N) is 2. The van der Waals surface area contributed by atoms with Crippen molar-refractivity contribution in [3.05, 3.63) is 68.2 Å². The topological polar surface area (TPSA) is 105 Å². The highest BCUT2D eigenvalue weighted by molar-refractivity contribution is 9.10. The van der Waals surface area contributed by atoms with Crippen molar-refractivity contribution >= 4 is 33.7 Å². The Morgan fingerprint density at radius 2 is 1.95 bits per heavy atom. The van der Waals surface area contributed by atoms with Gasteiger partial charge in [0.1, 0.15) is 5.75 Å². The van der Waals surface area contributed by atoms with E-state index in [4.69, 9.17) is 0 Å². The highest BCUT2D eigenvalue weighted by atomic mass is 79.9. The fourth-order valence-corrected chi connectivity index (χ4v) is 1.85. The molecule has 0 aliphatic heterocycles. The van der Waals surface area contributed by atoms with Crippen molar-refractivity contribution in [2.24, 2.45) is 5.10 Å². The fraction of sp³-hybridized carbons (Fsp3) is 0.